The molecule has 0 aromatic heterocycles. The lowest BCUT2D eigenvalue weighted by atomic mass is 9.93. The van der Waals surface area contributed by atoms with E-state index in [1.54, 1.807) is 24.3 Å². The summed E-state index contributed by atoms with van der Waals surface area (Å²) in [6.45, 7) is 2.59. The molecule has 0 bridgehead atoms. The smallest absolute Gasteiger partial charge is 0.251 e. The summed E-state index contributed by atoms with van der Waals surface area (Å²) in [5.41, 5.74) is 2.68. The Morgan fingerprint density at radius 2 is 1.80 bits per heavy atom. The zero-order chi connectivity index (χ0) is 21.4. The van der Waals surface area contributed by atoms with Crippen LogP contribution in [0.1, 0.15) is 23.7 Å². The van der Waals surface area contributed by atoms with Gasteiger partial charge in [0, 0.05) is 40.8 Å². The number of hydrogen-bond acceptors (Lipinski definition) is 4. The first kappa shape index (κ1) is 20.3. The van der Waals surface area contributed by atoms with Crippen LogP contribution in [0.2, 0.25) is 10.0 Å². The van der Waals surface area contributed by atoms with E-state index >= 15 is 0 Å². The van der Waals surface area contributed by atoms with Crippen molar-refractivity contribution in [3.05, 3.63) is 74.4 Å². The third kappa shape index (κ3) is 3.62. The average Bonchev–Trinajstić information content (AvgIpc) is 2.73. The van der Waals surface area contributed by atoms with Crippen LogP contribution in [-0.2, 0) is 0 Å². The molecule has 5 nitrogen and oxygen atoms in total. The first-order chi connectivity index (χ1) is 14.4. The standard InChI is InChI=1S/C23H17Cl2NO4/c1-2-7-26-23(29)13-5-3-12(4-6-13)22-14-8-16(24)18(27)10-20(14)30-21-11-19(28)17(25)9-15(21)22/h3-6,8-11,27H,2,7H2,1H3,(H,26,29). The van der Waals surface area contributed by atoms with Crippen LogP contribution in [0.4, 0.5) is 0 Å². The Morgan fingerprint density at radius 3 is 2.50 bits per heavy atom. The highest BCUT2D eigenvalue weighted by atomic mass is 35.5. The molecule has 2 N–H and O–H groups in total. The molecule has 1 aliphatic heterocycles. The van der Waals surface area contributed by atoms with Gasteiger partial charge in [0.1, 0.15) is 17.1 Å². The van der Waals surface area contributed by atoms with Gasteiger partial charge < -0.3 is 14.8 Å². The Kier molecular flexibility index (Phi) is 5.41. The van der Waals surface area contributed by atoms with Crippen LogP contribution in [0.25, 0.3) is 33.4 Å². The first-order valence-electron chi connectivity index (χ1n) is 9.36. The van der Waals surface area contributed by atoms with E-state index in [0.717, 1.165) is 17.5 Å². The highest BCUT2D eigenvalue weighted by molar-refractivity contribution is 6.33. The lowest BCUT2D eigenvalue weighted by Gasteiger charge is -2.16. The molecule has 1 aliphatic carbocycles. The second kappa shape index (κ2) is 8.01. The Morgan fingerprint density at radius 1 is 1.07 bits per heavy atom. The third-order valence-corrected chi connectivity index (χ3v) is 5.41. The number of rotatable bonds is 4. The monoisotopic (exact) mass is 441 g/mol. The number of phenols is 1. The van der Waals surface area contributed by atoms with Crippen molar-refractivity contribution in [2.45, 2.75) is 13.3 Å². The second-order valence-electron chi connectivity index (χ2n) is 6.89. The summed E-state index contributed by atoms with van der Waals surface area (Å²) in [4.78, 5) is 24.3. The number of phenolic OH excluding ortho intramolecular Hbond substituents is 1. The van der Waals surface area contributed by atoms with Crippen molar-refractivity contribution >= 4 is 40.1 Å². The normalized spacial score (nSPS) is 11.2. The van der Waals surface area contributed by atoms with Crippen LogP contribution in [0.15, 0.2) is 57.7 Å². The molecule has 0 atom stereocenters. The number of aromatic hydroxyl groups is 1. The lowest BCUT2D eigenvalue weighted by Crippen LogP contribution is -2.23. The van der Waals surface area contributed by atoms with Gasteiger partial charge in [-0.25, -0.2) is 0 Å². The predicted octanol–water partition coefficient (Wildman–Crippen LogP) is 5.72. The average molecular weight is 442 g/mol. The van der Waals surface area contributed by atoms with E-state index in [0.29, 0.717) is 34.4 Å². The van der Waals surface area contributed by atoms with E-state index in [1.807, 2.05) is 19.1 Å². The molecule has 2 aromatic carbocycles. The minimum Gasteiger partial charge on any atom is -0.506 e. The number of benzene rings is 3. The minimum absolute atomic E-state index is 0.0683. The van der Waals surface area contributed by atoms with Crippen LogP contribution >= 0.6 is 23.2 Å². The molecule has 1 amide bonds. The van der Waals surface area contributed by atoms with E-state index in [-0.39, 0.29) is 27.1 Å². The quantitative estimate of drug-likeness (QED) is 0.397. The van der Waals surface area contributed by atoms with Crippen molar-refractivity contribution in [1.82, 2.24) is 5.32 Å². The van der Waals surface area contributed by atoms with Crippen molar-refractivity contribution in [2.24, 2.45) is 0 Å². The summed E-state index contributed by atoms with van der Waals surface area (Å²) >= 11 is 12.2. The summed E-state index contributed by atoms with van der Waals surface area (Å²) in [5.74, 6) is 0.0593. The topological polar surface area (TPSA) is 79.5 Å². The largest absolute Gasteiger partial charge is 0.506 e. The summed E-state index contributed by atoms with van der Waals surface area (Å²) in [6.07, 6.45) is 0.853. The number of nitrogens with one attached hydrogen (secondary N) is 1. The maximum Gasteiger partial charge on any atom is 0.251 e. The van der Waals surface area contributed by atoms with Gasteiger partial charge in [-0.15, -0.1) is 0 Å². The van der Waals surface area contributed by atoms with E-state index in [4.69, 9.17) is 27.6 Å². The maximum atomic E-state index is 12.2. The minimum atomic E-state index is -0.362. The molecular formula is C23H17Cl2NO4. The summed E-state index contributed by atoms with van der Waals surface area (Å²) in [6, 6.07) is 13.0. The van der Waals surface area contributed by atoms with Gasteiger partial charge in [-0.3, -0.25) is 9.59 Å². The summed E-state index contributed by atoms with van der Waals surface area (Å²) < 4.78 is 5.84. The Hall–Kier alpha value is -3.02. The first-order valence-corrected chi connectivity index (χ1v) is 10.1. The van der Waals surface area contributed by atoms with E-state index < -0.39 is 0 Å². The fourth-order valence-corrected chi connectivity index (χ4v) is 3.67. The van der Waals surface area contributed by atoms with Crippen molar-refractivity contribution in [1.29, 1.82) is 0 Å². The van der Waals surface area contributed by atoms with Crippen LogP contribution in [0.3, 0.4) is 0 Å². The summed E-state index contributed by atoms with van der Waals surface area (Å²) in [5, 5.41) is 13.7. The molecule has 7 heteroatoms. The molecule has 1 heterocycles. The van der Waals surface area contributed by atoms with Crippen LogP contribution in [0, 0.1) is 0 Å². The fourth-order valence-electron chi connectivity index (χ4n) is 3.34. The van der Waals surface area contributed by atoms with Crippen molar-refractivity contribution in [3.63, 3.8) is 0 Å². The SMILES string of the molecule is CCCNC(=O)c1ccc(-c2c3cc(Cl)c(=O)cc-3oc3cc(O)c(Cl)cc23)cc1. The zero-order valence-corrected chi connectivity index (χ0v) is 17.5. The lowest BCUT2D eigenvalue weighted by molar-refractivity contribution is 0.0953. The maximum absolute atomic E-state index is 12.2. The number of amides is 1. The van der Waals surface area contributed by atoms with E-state index in [2.05, 4.69) is 5.32 Å². The van der Waals surface area contributed by atoms with Crippen LogP contribution in [-0.4, -0.2) is 17.6 Å². The second-order valence-corrected chi connectivity index (χ2v) is 7.70. The van der Waals surface area contributed by atoms with E-state index in [9.17, 15) is 14.7 Å². The van der Waals surface area contributed by atoms with Gasteiger partial charge in [-0.05, 0) is 36.2 Å². The third-order valence-electron chi connectivity index (χ3n) is 4.81. The van der Waals surface area contributed by atoms with Gasteiger partial charge in [0.05, 0.1) is 10.0 Å². The van der Waals surface area contributed by atoms with Crippen LogP contribution < -0.4 is 10.7 Å². The molecule has 30 heavy (non-hydrogen) atoms. The molecule has 152 valence electrons. The number of carbonyl (C=O) groups is 1. The van der Waals surface area contributed by atoms with Crippen molar-refractivity contribution in [3.8, 4) is 28.2 Å². The zero-order valence-electron chi connectivity index (χ0n) is 16.0. The number of halogens is 2. The molecule has 0 saturated carbocycles. The van der Waals surface area contributed by atoms with Gasteiger partial charge in [0.15, 0.2) is 0 Å². The van der Waals surface area contributed by atoms with Gasteiger partial charge in [-0.2, -0.15) is 0 Å². The Bertz CT molecular complexity index is 1300. The van der Waals surface area contributed by atoms with Gasteiger partial charge in [-0.1, -0.05) is 42.3 Å². The van der Waals surface area contributed by atoms with Crippen molar-refractivity contribution in [2.75, 3.05) is 6.54 Å². The van der Waals surface area contributed by atoms with Gasteiger partial charge in [0.2, 0.25) is 5.43 Å². The molecular weight excluding hydrogens is 425 g/mol. The van der Waals surface area contributed by atoms with E-state index in [1.165, 1.54) is 12.1 Å². The van der Waals surface area contributed by atoms with Crippen molar-refractivity contribution < 1.29 is 14.3 Å². The molecule has 4 rings (SSSR count). The highest BCUT2D eigenvalue weighted by Crippen LogP contribution is 2.43. The van der Waals surface area contributed by atoms with Gasteiger partial charge in [0.25, 0.3) is 5.91 Å². The Labute approximate surface area is 182 Å². The molecule has 2 aliphatic rings. The molecule has 0 saturated heterocycles. The van der Waals surface area contributed by atoms with Gasteiger partial charge >= 0.3 is 0 Å². The van der Waals surface area contributed by atoms with Crippen LogP contribution in [0.5, 0.6) is 5.75 Å². The fraction of sp³-hybridized carbons (Fsp3) is 0.130. The summed E-state index contributed by atoms with van der Waals surface area (Å²) in [7, 11) is 0. The number of fused-ring (bicyclic) bond motifs is 2. The molecule has 0 radical (unpaired) electrons. The molecule has 0 spiro atoms. The Balaban J connectivity index is 1.96. The molecule has 2 aromatic rings. The number of hydrogen-bond donors (Lipinski definition) is 2. The predicted molar refractivity (Wildman–Crippen MR) is 119 cm³/mol. The highest BCUT2D eigenvalue weighted by Gasteiger charge is 2.20. The molecule has 0 unspecified atom stereocenters. The molecule has 0 fully saturated rings. The number of carbonyl (C=O) groups excluding carboxylic acids is 1.